The largest absolute Gasteiger partial charge is 0.300 e. The third-order valence-electron chi connectivity index (χ3n) is 2.93. The highest BCUT2D eigenvalue weighted by atomic mass is 32.2. The van der Waals surface area contributed by atoms with Crippen LogP contribution in [0.2, 0.25) is 0 Å². The summed E-state index contributed by atoms with van der Waals surface area (Å²) in [5.74, 6) is 0.869. The van der Waals surface area contributed by atoms with Crippen molar-refractivity contribution in [3.8, 4) is 0 Å². The Morgan fingerprint density at radius 1 is 1.24 bits per heavy atom. The number of sulfonamides is 1. The van der Waals surface area contributed by atoms with E-state index in [1.54, 1.807) is 10.8 Å². The first-order valence-electron chi connectivity index (χ1n) is 6.72. The molecule has 21 heavy (non-hydrogen) atoms. The number of hydrogen-bond donors (Lipinski definition) is 1. The molecule has 0 radical (unpaired) electrons. The number of aryl methyl sites for hydroxylation is 2. The van der Waals surface area contributed by atoms with Crippen LogP contribution >= 0.6 is 0 Å². The molecule has 0 unspecified atom stereocenters. The van der Waals surface area contributed by atoms with Gasteiger partial charge in [0.15, 0.2) is 0 Å². The Kier molecular flexibility index (Phi) is 4.69. The molecule has 8 heteroatoms. The van der Waals surface area contributed by atoms with E-state index in [4.69, 9.17) is 5.14 Å². The Morgan fingerprint density at radius 3 is 2.57 bits per heavy atom. The van der Waals surface area contributed by atoms with E-state index in [1.807, 2.05) is 32.0 Å². The molecule has 0 aromatic carbocycles. The van der Waals surface area contributed by atoms with Crippen LogP contribution in [0.4, 0.5) is 0 Å². The number of rotatable bonds is 6. The fourth-order valence-corrected chi connectivity index (χ4v) is 2.69. The average Bonchev–Trinajstić information content (AvgIpc) is 2.79. The molecule has 2 aromatic rings. The fraction of sp³-hybridized carbons (Fsp3) is 0.462. The quantitative estimate of drug-likeness (QED) is 0.848. The smallest absolute Gasteiger partial charge is 0.273 e. The minimum atomic E-state index is -3.87. The Morgan fingerprint density at radius 2 is 2.00 bits per heavy atom. The second-order valence-electron chi connectivity index (χ2n) is 5.27. The molecule has 114 valence electrons. The van der Waals surface area contributed by atoms with E-state index in [-0.39, 0.29) is 11.1 Å². The van der Waals surface area contributed by atoms with Crippen molar-refractivity contribution in [1.82, 2.24) is 19.7 Å². The van der Waals surface area contributed by atoms with E-state index in [9.17, 15) is 8.42 Å². The molecular formula is C13H19N5O2S. The van der Waals surface area contributed by atoms with Gasteiger partial charge in [-0.25, -0.2) is 13.6 Å². The summed E-state index contributed by atoms with van der Waals surface area (Å²) in [7, 11) is -3.87. The second kappa shape index (κ2) is 6.31. The molecule has 7 nitrogen and oxygen atoms in total. The lowest BCUT2D eigenvalue weighted by atomic mass is 10.2. The van der Waals surface area contributed by atoms with Gasteiger partial charge in [-0.15, -0.1) is 10.2 Å². The third kappa shape index (κ3) is 4.08. The molecule has 0 aliphatic carbocycles. The minimum absolute atomic E-state index is 0.174. The molecular weight excluding hydrogens is 290 g/mol. The van der Waals surface area contributed by atoms with E-state index in [2.05, 4.69) is 15.2 Å². The van der Waals surface area contributed by atoms with Crippen LogP contribution in [0.3, 0.4) is 0 Å². The van der Waals surface area contributed by atoms with E-state index in [0.717, 1.165) is 5.69 Å². The number of primary sulfonamides is 1. The van der Waals surface area contributed by atoms with Crippen LogP contribution in [0.15, 0.2) is 29.6 Å². The van der Waals surface area contributed by atoms with Gasteiger partial charge in [-0.2, -0.15) is 0 Å². The van der Waals surface area contributed by atoms with Crippen molar-refractivity contribution >= 4 is 10.0 Å². The maximum Gasteiger partial charge on any atom is 0.273 e. The van der Waals surface area contributed by atoms with E-state index >= 15 is 0 Å². The summed E-state index contributed by atoms with van der Waals surface area (Å²) in [5, 5.41) is 12.7. The highest BCUT2D eigenvalue weighted by molar-refractivity contribution is 7.89. The van der Waals surface area contributed by atoms with Crippen LogP contribution in [-0.4, -0.2) is 28.2 Å². The number of nitrogens with two attached hydrogens (primary N) is 1. The fourth-order valence-electron chi connectivity index (χ4n) is 2.05. The summed E-state index contributed by atoms with van der Waals surface area (Å²) >= 11 is 0. The van der Waals surface area contributed by atoms with Crippen molar-refractivity contribution < 1.29 is 8.42 Å². The summed E-state index contributed by atoms with van der Waals surface area (Å²) in [6, 6.07) is 5.69. The predicted octanol–water partition coefficient (Wildman–Crippen LogP) is 0.762. The topological polar surface area (TPSA) is 104 Å². The van der Waals surface area contributed by atoms with Crippen molar-refractivity contribution in [3.63, 3.8) is 0 Å². The summed E-state index contributed by atoms with van der Waals surface area (Å²) in [6.07, 6.45) is 2.96. The van der Waals surface area contributed by atoms with Crippen molar-refractivity contribution in [3.05, 3.63) is 35.9 Å². The molecule has 0 spiro atoms. The summed E-state index contributed by atoms with van der Waals surface area (Å²) in [5.41, 5.74) is 0.925. The Labute approximate surface area is 124 Å². The van der Waals surface area contributed by atoms with Gasteiger partial charge in [0, 0.05) is 24.9 Å². The summed E-state index contributed by atoms with van der Waals surface area (Å²) < 4.78 is 24.7. The molecule has 0 saturated heterocycles. The summed E-state index contributed by atoms with van der Waals surface area (Å²) in [6.45, 7) is 4.50. The van der Waals surface area contributed by atoms with Crippen molar-refractivity contribution in [2.24, 2.45) is 11.1 Å². The standard InChI is InChI=1S/C13H19N5O2S/c1-10(2)9-18-12(16-17-13(18)21(14,19)20)7-6-11-5-3-4-8-15-11/h3-5,8,10H,6-7,9H2,1-2H3,(H2,14,19,20). The molecule has 0 atom stereocenters. The zero-order chi connectivity index (χ0) is 15.5. The third-order valence-corrected chi connectivity index (χ3v) is 3.74. The van der Waals surface area contributed by atoms with Crippen molar-refractivity contribution in [1.29, 1.82) is 0 Å². The van der Waals surface area contributed by atoms with Gasteiger partial charge in [0.25, 0.3) is 15.2 Å². The van der Waals surface area contributed by atoms with E-state index < -0.39 is 10.0 Å². The van der Waals surface area contributed by atoms with Crippen molar-refractivity contribution in [2.75, 3.05) is 0 Å². The molecule has 2 N–H and O–H groups in total. The lowest BCUT2D eigenvalue weighted by Crippen LogP contribution is -2.21. The molecule has 0 aliphatic heterocycles. The predicted molar refractivity (Wildman–Crippen MR) is 77.9 cm³/mol. The van der Waals surface area contributed by atoms with Gasteiger partial charge in [0.1, 0.15) is 5.82 Å². The molecule has 2 heterocycles. The Bertz CT molecular complexity index is 695. The van der Waals surface area contributed by atoms with Gasteiger partial charge >= 0.3 is 0 Å². The van der Waals surface area contributed by atoms with Crippen LogP contribution in [0.1, 0.15) is 25.4 Å². The molecule has 0 fully saturated rings. The SMILES string of the molecule is CC(C)Cn1c(CCc2ccccn2)nnc1S(N)(=O)=O. The van der Waals surface area contributed by atoms with Crippen molar-refractivity contribution in [2.45, 2.75) is 38.4 Å². The monoisotopic (exact) mass is 309 g/mol. The van der Waals surface area contributed by atoms with Gasteiger partial charge in [0.2, 0.25) is 0 Å². The zero-order valence-corrected chi connectivity index (χ0v) is 12.9. The number of aromatic nitrogens is 4. The van der Waals surface area contributed by atoms with Gasteiger partial charge in [-0.1, -0.05) is 19.9 Å². The molecule has 0 saturated carbocycles. The normalized spacial score (nSPS) is 12.0. The first-order valence-corrected chi connectivity index (χ1v) is 8.27. The summed E-state index contributed by atoms with van der Waals surface area (Å²) in [4.78, 5) is 4.24. The second-order valence-corrected chi connectivity index (χ2v) is 6.72. The molecule has 2 aromatic heterocycles. The number of hydrogen-bond acceptors (Lipinski definition) is 5. The molecule has 0 amide bonds. The van der Waals surface area contributed by atoms with Crippen LogP contribution in [0.25, 0.3) is 0 Å². The van der Waals surface area contributed by atoms with Crippen LogP contribution < -0.4 is 5.14 Å². The first kappa shape index (κ1) is 15.6. The minimum Gasteiger partial charge on any atom is -0.300 e. The maximum absolute atomic E-state index is 11.6. The van der Waals surface area contributed by atoms with E-state index in [1.165, 1.54) is 0 Å². The average molecular weight is 309 g/mol. The van der Waals surface area contributed by atoms with E-state index in [0.29, 0.717) is 25.2 Å². The first-order chi connectivity index (χ1) is 9.88. The molecule has 0 bridgehead atoms. The number of pyridine rings is 1. The van der Waals surface area contributed by atoms with Crippen LogP contribution in [0.5, 0.6) is 0 Å². The zero-order valence-electron chi connectivity index (χ0n) is 12.1. The lowest BCUT2D eigenvalue weighted by molar-refractivity contribution is 0.469. The Hall–Kier alpha value is -1.80. The van der Waals surface area contributed by atoms with Gasteiger partial charge in [-0.3, -0.25) is 4.98 Å². The van der Waals surface area contributed by atoms with Crippen LogP contribution in [-0.2, 0) is 29.4 Å². The maximum atomic E-state index is 11.6. The Balaban J connectivity index is 2.25. The van der Waals surface area contributed by atoms with Gasteiger partial charge in [-0.05, 0) is 24.5 Å². The highest BCUT2D eigenvalue weighted by Gasteiger charge is 2.21. The van der Waals surface area contributed by atoms with Gasteiger partial charge < -0.3 is 4.57 Å². The highest BCUT2D eigenvalue weighted by Crippen LogP contribution is 2.12. The lowest BCUT2D eigenvalue weighted by Gasteiger charge is -2.11. The van der Waals surface area contributed by atoms with Crippen LogP contribution in [0, 0.1) is 5.92 Å². The molecule has 2 rings (SSSR count). The molecule has 0 aliphatic rings. The number of nitrogens with zero attached hydrogens (tertiary/aromatic N) is 4. The van der Waals surface area contributed by atoms with Gasteiger partial charge in [0.05, 0.1) is 0 Å².